The molecule has 0 saturated carbocycles. The first-order valence-corrected chi connectivity index (χ1v) is 20.6. The number of hydrogen-bond acceptors (Lipinski definition) is 1. The fourth-order valence-electron chi connectivity index (χ4n) is 5.14. The molecule has 31 heavy (non-hydrogen) atoms. The molecule has 4 aromatic rings. The topological polar surface area (TPSA) is 4.93 Å². The first kappa shape index (κ1) is 22.9. The summed E-state index contributed by atoms with van der Waals surface area (Å²) < 4.78 is 10.5. The number of fused-ring (bicyclic) bond motifs is 3. The van der Waals surface area contributed by atoms with Gasteiger partial charge in [-0.2, -0.15) is 0 Å². The molecule has 4 rings (SSSR count). The van der Waals surface area contributed by atoms with Crippen molar-refractivity contribution in [3.63, 3.8) is 0 Å². The van der Waals surface area contributed by atoms with E-state index < -0.39 is 18.4 Å². The van der Waals surface area contributed by atoms with Crippen LogP contribution in [0.2, 0.25) is 13.3 Å². The molecular weight excluding hydrogens is 501 g/mol. The zero-order chi connectivity index (χ0) is 21.7. The van der Waals surface area contributed by atoms with Gasteiger partial charge in [-0.1, -0.05) is 0 Å². The molecule has 0 fully saturated rings. The molecule has 3 heteroatoms. The Kier molecular flexibility index (Phi) is 7.81. The number of nitrogens with zero attached hydrogens (tertiary/aromatic N) is 1. The van der Waals surface area contributed by atoms with Crippen LogP contribution in [0.1, 0.15) is 59.3 Å². The second-order valence-electron chi connectivity index (χ2n) is 9.10. The van der Waals surface area contributed by atoms with Crippen molar-refractivity contribution in [2.24, 2.45) is 0 Å². The van der Waals surface area contributed by atoms with Crippen LogP contribution in [0.3, 0.4) is 0 Å². The zero-order valence-electron chi connectivity index (χ0n) is 19.5. The second-order valence-corrected chi connectivity index (χ2v) is 24.3. The minimum atomic E-state index is -2.42. The Bertz CT molecular complexity index is 1090. The maximum atomic E-state index is 2.66. The van der Waals surface area contributed by atoms with Gasteiger partial charge in [0.25, 0.3) is 0 Å². The molecule has 1 nitrogen and oxygen atoms in total. The molecule has 164 valence electrons. The van der Waals surface area contributed by atoms with Crippen molar-refractivity contribution >= 4 is 53.7 Å². The third kappa shape index (κ3) is 4.61. The zero-order valence-corrected chi connectivity index (χ0v) is 23.2. The number of hydrogen-bond donors (Lipinski definition) is 0. The van der Waals surface area contributed by atoms with E-state index in [4.69, 9.17) is 0 Å². The van der Waals surface area contributed by atoms with Gasteiger partial charge in [0.2, 0.25) is 0 Å². The summed E-state index contributed by atoms with van der Waals surface area (Å²) in [7, 11) is 0. The van der Waals surface area contributed by atoms with Crippen molar-refractivity contribution in [1.29, 1.82) is 0 Å². The number of rotatable bonds is 11. The third-order valence-electron chi connectivity index (χ3n) is 6.91. The summed E-state index contributed by atoms with van der Waals surface area (Å²) in [5.41, 5.74) is 4.07. The van der Waals surface area contributed by atoms with Gasteiger partial charge >= 0.3 is 197 Å². The predicted octanol–water partition coefficient (Wildman–Crippen LogP) is 8.90. The SMILES string of the molecule is CCC[CH2][Sn]([CH2]CCC)([CH2]CCC)[c]1cc2c(s1)c1ccccc1n2-c1ccccc1. The van der Waals surface area contributed by atoms with Crippen molar-refractivity contribution in [2.45, 2.75) is 72.6 Å². The van der Waals surface area contributed by atoms with Gasteiger partial charge in [-0.15, -0.1) is 0 Å². The molecule has 0 amide bonds. The molecule has 0 saturated heterocycles. The van der Waals surface area contributed by atoms with Gasteiger partial charge in [0.1, 0.15) is 0 Å². The molecule has 0 aliphatic heterocycles. The monoisotopic (exact) mass is 539 g/mol. The normalized spacial score (nSPS) is 12.2. The van der Waals surface area contributed by atoms with E-state index in [2.05, 4.69) is 97.3 Å². The van der Waals surface area contributed by atoms with Crippen LogP contribution in [-0.4, -0.2) is 22.9 Å². The third-order valence-corrected chi connectivity index (χ3v) is 26.3. The van der Waals surface area contributed by atoms with E-state index >= 15 is 0 Å². The minimum absolute atomic E-state index is 1.29. The molecule has 0 aliphatic carbocycles. The van der Waals surface area contributed by atoms with E-state index in [-0.39, 0.29) is 0 Å². The molecular formula is C28H37NSSn. The van der Waals surface area contributed by atoms with Crippen LogP contribution in [0.5, 0.6) is 0 Å². The molecule has 0 aliphatic rings. The van der Waals surface area contributed by atoms with E-state index in [9.17, 15) is 0 Å². The van der Waals surface area contributed by atoms with E-state index in [1.807, 2.05) is 2.89 Å². The molecule has 0 unspecified atom stereocenters. The number of para-hydroxylation sites is 2. The quantitative estimate of drug-likeness (QED) is 0.168. The fraction of sp³-hybridized carbons (Fsp3) is 0.429. The van der Waals surface area contributed by atoms with Gasteiger partial charge in [-0.25, -0.2) is 0 Å². The maximum absolute atomic E-state index is 2.66. The van der Waals surface area contributed by atoms with Crippen LogP contribution in [0, 0.1) is 0 Å². The molecule has 2 heterocycles. The van der Waals surface area contributed by atoms with E-state index in [1.165, 1.54) is 78.6 Å². The van der Waals surface area contributed by atoms with Crippen molar-refractivity contribution in [3.8, 4) is 5.69 Å². The Hall–Kier alpha value is -1.26. The van der Waals surface area contributed by atoms with Crippen molar-refractivity contribution in [2.75, 3.05) is 0 Å². The summed E-state index contributed by atoms with van der Waals surface area (Å²) in [6.45, 7) is 7.12. The number of thiophene rings is 1. The van der Waals surface area contributed by atoms with E-state index in [0.717, 1.165) is 0 Å². The molecule has 2 aromatic heterocycles. The summed E-state index contributed by atoms with van der Waals surface area (Å²) in [4.78, 5) is 0. The Morgan fingerprint density at radius 3 is 1.90 bits per heavy atom. The van der Waals surface area contributed by atoms with Crippen LogP contribution in [0.4, 0.5) is 0 Å². The standard InChI is InChI=1S/C16H10NS.3C4H9.Sn/c1-2-6-12(7-3-1)17-14-9-5-4-8-13(14)16-15(17)10-11-18-16;3*1-3-4-2;/h1-10H;3*1,3-4H2,2H3;. The van der Waals surface area contributed by atoms with E-state index in [0.29, 0.717) is 0 Å². The molecule has 2 aromatic carbocycles. The Labute approximate surface area is 196 Å². The average Bonchev–Trinajstić information content (AvgIpc) is 3.37. The van der Waals surface area contributed by atoms with Crippen LogP contribution < -0.4 is 2.89 Å². The van der Waals surface area contributed by atoms with Gasteiger partial charge in [-0.3, -0.25) is 0 Å². The summed E-state index contributed by atoms with van der Waals surface area (Å²) >= 11 is -0.251. The molecule has 0 radical (unpaired) electrons. The van der Waals surface area contributed by atoms with Crippen LogP contribution in [-0.2, 0) is 0 Å². The first-order valence-electron chi connectivity index (χ1n) is 12.3. The summed E-state index contributed by atoms with van der Waals surface area (Å²) in [6.07, 6.45) is 8.27. The number of benzene rings is 2. The van der Waals surface area contributed by atoms with Crippen LogP contribution >= 0.6 is 11.3 Å². The molecule has 0 atom stereocenters. The van der Waals surface area contributed by atoms with Crippen molar-refractivity contribution < 1.29 is 0 Å². The summed E-state index contributed by atoms with van der Waals surface area (Å²) in [6, 6.07) is 22.6. The van der Waals surface area contributed by atoms with Crippen molar-refractivity contribution in [1.82, 2.24) is 4.57 Å². The average molecular weight is 538 g/mol. The van der Waals surface area contributed by atoms with Gasteiger partial charge < -0.3 is 0 Å². The van der Waals surface area contributed by atoms with Gasteiger partial charge in [0.05, 0.1) is 0 Å². The van der Waals surface area contributed by atoms with Gasteiger partial charge in [0, 0.05) is 0 Å². The Morgan fingerprint density at radius 2 is 1.29 bits per heavy atom. The van der Waals surface area contributed by atoms with E-state index in [1.54, 1.807) is 0 Å². The van der Waals surface area contributed by atoms with Gasteiger partial charge in [0.15, 0.2) is 0 Å². The summed E-state index contributed by atoms with van der Waals surface area (Å²) in [5.74, 6) is 0. The Balaban J connectivity index is 1.92. The first-order chi connectivity index (χ1) is 15.2. The summed E-state index contributed by atoms with van der Waals surface area (Å²) in [5, 5.41) is 1.43. The number of aromatic nitrogens is 1. The molecule has 0 spiro atoms. The van der Waals surface area contributed by atoms with Crippen molar-refractivity contribution in [3.05, 3.63) is 60.7 Å². The van der Waals surface area contributed by atoms with Crippen LogP contribution in [0.25, 0.3) is 26.8 Å². The molecule has 0 N–H and O–H groups in total. The predicted molar refractivity (Wildman–Crippen MR) is 143 cm³/mol. The Morgan fingerprint density at radius 1 is 0.710 bits per heavy atom. The van der Waals surface area contributed by atoms with Crippen LogP contribution in [0.15, 0.2) is 60.7 Å². The fourth-order valence-corrected chi connectivity index (χ4v) is 25.4. The molecule has 0 bridgehead atoms. The number of unbranched alkanes of at least 4 members (excludes halogenated alkanes) is 3. The van der Waals surface area contributed by atoms with Gasteiger partial charge in [-0.05, 0) is 0 Å². The second kappa shape index (κ2) is 10.6.